The molecular formula is C12H9N3S. The summed E-state index contributed by atoms with van der Waals surface area (Å²) in [6, 6.07) is 15.8. The van der Waals surface area contributed by atoms with Crippen LogP contribution in [-0.2, 0) is 0 Å². The number of hydrogen-bond acceptors (Lipinski definition) is 3. The lowest BCUT2D eigenvalue weighted by molar-refractivity contribution is 1.09. The van der Waals surface area contributed by atoms with Crippen LogP contribution in [0.4, 0.5) is 5.69 Å². The molecule has 0 saturated carbocycles. The van der Waals surface area contributed by atoms with Gasteiger partial charge in [-0.2, -0.15) is 4.37 Å². The van der Waals surface area contributed by atoms with Gasteiger partial charge in [0.15, 0.2) is 5.65 Å². The first-order valence-corrected chi connectivity index (χ1v) is 5.74. The molecule has 0 aliphatic heterocycles. The van der Waals surface area contributed by atoms with Gasteiger partial charge in [0, 0.05) is 17.7 Å². The third-order valence-electron chi connectivity index (χ3n) is 2.25. The molecule has 78 valence electrons. The molecule has 0 aliphatic rings. The second kappa shape index (κ2) is 3.90. The number of rotatable bonds is 1. The zero-order valence-electron chi connectivity index (χ0n) is 8.45. The molecule has 16 heavy (non-hydrogen) atoms. The fraction of sp³-hybridized carbons (Fsp3) is 0. The number of pyridine rings is 1. The number of benzene rings is 1. The molecule has 0 fully saturated rings. The van der Waals surface area contributed by atoms with Crippen molar-refractivity contribution in [3.8, 4) is 0 Å². The van der Waals surface area contributed by atoms with Crippen molar-refractivity contribution in [2.45, 2.75) is 0 Å². The fourth-order valence-electron chi connectivity index (χ4n) is 1.49. The zero-order valence-corrected chi connectivity index (χ0v) is 9.26. The van der Waals surface area contributed by atoms with E-state index in [0.717, 1.165) is 16.1 Å². The second-order valence-electron chi connectivity index (χ2n) is 3.34. The van der Waals surface area contributed by atoms with E-state index in [4.69, 9.17) is 0 Å². The van der Waals surface area contributed by atoms with Gasteiger partial charge in [-0.1, -0.05) is 24.3 Å². The molecule has 0 unspecified atom stereocenters. The maximum Gasteiger partial charge on any atom is 0.213 e. The minimum atomic E-state index is 0.891. The molecule has 0 aliphatic carbocycles. The van der Waals surface area contributed by atoms with Gasteiger partial charge in [-0.05, 0) is 24.3 Å². The Morgan fingerprint density at radius 3 is 2.69 bits per heavy atom. The molecular weight excluding hydrogens is 218 g/mol. The Kier molecular flexibility index (Phi) is 2.27. The normalized spacial score (nSPS) is 12.1. The Hall–Kier alpha value is -1.94. The number of fused-ring (bicyclic) bond motifs is 1. The third-order valence-corrected chi connectivity index (χ3v) is 2.98. The first-order chi connectivity index (χ1) is 7.93. The summed E-state index contributed by atoms with van der Waals surface area (Å²) < 4.78 is 6.31. The topological polar surface area (TPSA) is 29.7 Å². The van der Waals surface area contributed by atoms with Crippen molar-refractivity contribution in [1.29, 1.82) is 0 Å². The SMILES string of the molecule is c1ccc(N=c2snc3ccccn23)cc1. The van der Waals surface area contributed by atoms with Crippen LogP contribution >= 0.6 is 11.5 Å². The Balaban J connectivity index is 2.23. The van der Waals surface area contributed by atoms with Crippen LogP contribution in [0.1, 0.15) is 0 Å². The van der Waals surface area contributed by atoms with Gasteiger partial charge in [-0.25, -0.2) is 4.99 Å². The minimum Gasteiger partial charge on any atom is -0.275 e. The molecule has 3 aromatic rings. The summed E-state index contributed by atoms with van der Waals surface area (Å²) in [5.41, 5.74) is 1.88. The lowest BCUT2D eigenvalue weighted by Crippen LogP contribution is -2.04. The highest BCUT2D eigenvalue weighted by Gasteiger charge is 1.96. The average molecular weight is 227 g/mol. The maximum atomic E-state index is 4.55. The van der Waals surface area contributed by atoms with Crippen molar-refractivity contribution >= 4 is 22.9 Å². The van der Waals surface area contributed by atoms with Crippen molar-refractivity contribution in [3.05, 3.63) is 59.5 Å². The standard InChI is InChI=1S/C12H9N3S/c1-2-6-10(7-3-1)13-12-15-9-5-4-8-11(15)14-16-12/h1-9H. The average Bonchev–Trinajstić information content (AvgIpc) is 2.74. The molecule has 4 heteroatoms. The quantitative estimate of drug-likeness (QED) is 0.628. The maximum absolute atomic E-state index is 4.55. The molecule has 1 aromatic carbocycles. The van der Waals surface area contributed by atoms with E-state index >= 15 is 0 Å². The third kappa shape index (κ3) is 1.63. The van der Waals surface area contributed by atoms with Crippen molar-refractivity contribution in [2.24, 2.45) is 4.99 Å². The highest BCUT2D eigenvalue weighted by Crippen LogP contribution is 2.09. The molecule has 0 saturated heterocycles. The van der Waals surface area contributed by atoms with Crippen molar-refractivity contribution in [3.63, 3.8) is 0 Å². The van der Waals surface area contributed by atoms with Crippen LogP contribution in [0.15, 0.2) is 59.7 Å². The van der Waals surface area contributed by atoms with Gasteiger partial charge in [0.2, 0.25) is 4.80 Å². The predicted molar refractivity (Wildman–Crippen MR) is 64.7 cm³/mol. The van der Waals surface area contributed by atoms with Crippen LogP contribution in [0.5, 0.6) is 0 Å². The summed E-state index contributed by atoms with van der Waals surface area (Å²) >= 11 is 1.40. The van der Waals surface area contributed by atoms with Gasteiger partial charge in [-0.3, -0.25) is 4.40 Å². The van der Waals surface area contributed by atoms with E-state index in [9.17, 15) is 0 Å². The molecule has 0 N–H and O–H groups in total. The molecule has 2 aromatic heterocycles. The van der Waals surface area contributed by atoms with Crippen molar-refractivity contribution in [1.82, 2.24) is 8.77 Å². The Bertz CT molecular complexity index is 667. The van der Waals surface area contributed by atoms with Gasteiger partial charge >= 0.3 is 0 Å². The van der Waals surface area contributed by atoms with E-state index < -0.39 is 0 Å². The highest BCUT2D eigenvalue weighted by molar-refractivity contribution is 7.03. The van der Waals surface area contributed by atoms with Crippen LogP contribution in [0.25, 0.3) is 5.65 Å². The first kappa shape index (κ1) is 9.30. The lowest BCUT2D eigenvalue weighted by atomic mass is 10.3. The number of aromatic nitrogens is 2. The van der Waals surface area contributed by atoms with Gasteiger partial charge in [0.1, 0.15) is 0 Å². The molecule has 0 bridgehead atoms. The Labute approximate surface area is 96.5 Å². The van der Waals surface area contributed by atoms with E-state index in [0.29, 0.717) is 0 Å². The smallest absolute Gasteiger partial charge is 0.213 e. The summed E-state index contributed by atoms with van der Waals surface area (Å²) in [4.78, 5) is 5.44. The van der Waals surface area contributed by atoms with E-state index in [2.05, 4.69) is 9.37 Å². The summed E-state index contributed by atoms with van der Waals surface area (Å²) in [6.07, 6.45) is 1.97. The van der Waals surface area contributed by atoms with Crippen LogP contribution in [0.2, 0.25) is 0 Å². The van der Waals surface area contributed by atoms with E-state index in [-0.39, 0.29) is 0 Å². The summed E-state index contributed by atoms with van der Waals surface area (Å²) in [7, 11) is 0. The predicted octanol–water partition coefficient (Wildman–Crippen LogP) is 2.63. The summed E-state index contributed by atoms with van der Waals surface area (Å²) in [5.74, 6) is 0. The molecule has 0 spiro atoms. The van der Waals surface area contributed by atoms with E-state index in [1.54, 1.807) is 0 Å². The molecule has 3 nitrogen and oxygen atoms in total. The molecule has 0 atom stereocenters. The fourth-order valence-corrected chi connectivity index (χ4v) is 2.20. The van der Waals surface area contributed by atoms with Gasteiger partial charge < -0.3 is 0 Å². The highest BCUT2D eigenvalue weighted by atomic mass is 32.1. The van der Waals surface area contributed by atoms with Crippen LogP contribution in [-0.4, -0.2) is 8.77 Å². The largest absolute Gasteiger partial charge is 0.275 e. The second-order valence-corrected chi connectivity index (χ2v) is 4.07. The van der Waals surface area contributed by atoms with Crippen molar-refractivity contribution in [2.75, 3.05) is 0 Å². The molecule has 0 radical (unpaired) electrons. The number of para-hydroxylation sites is 1. The Morgan fingerprint density at radius 1 is 1.00 bits per heavy atom. The van der Waals surface area contributed by atoms with Gasteiger partial charge in [-0.15, -0.1) is 0 Å². The van der Waals surface area contributed by atoms with Gasteiger partial charge in [0.05, 0.1) is 5.69 Å². The summed E-state index contributed by atoms with van der Waals surface area (Å²) in [5, 5.41) is 0. The van der Waals surface area contributed by atoms with Crippen molar-refractivity contribution < 1.29 is 0 Å². The Morgan fingerprint density at radius 2 is 1.81 bits per heavy atom. The van der Waals surface area contributed by atoms with E-state index in [1.807, 2.05) is 59.1 Å². The van der Waals surface area contributed by atoms with Crippen LogP contribution in [0, 0.1) is 0 Å². The zero-order chi connectivity index (χ0) is 10.8. The number of hydrogen-bond donors (Lipinski definition) is 0. The summed E-state index contributed by atoms with van der Waals surface area (Å²) in [6.45, 7) is 0. The first-order valence-electron chi connectivity index (χ1n) is 4.96. The molecule has 3 rings (SSSR count). The lowest BCUT2D eigenvalue weighted by Gasteiger charge is -1.91. The molecule has 2 heterocycles. The van der Waals surface area contributed by atoms with Crippen LogP contribution in [0.3, 0.4) is 0 Å². The van der Waals surface area contributed by atoms with E-state index in [1.165, 1.54) is 11.5 Å². The molecule has 0 amide bonds. The van der Waals surface area contributed by atoms with Gasteiger partial charge in [0.25, 0.3) is 0 Å². The minimum absolute atomic E-state index is 0.891. The van der Waals surface area contributed by atoms with Crippen LogP contribution < -0.4 is 4.80 Å². The number of nitrogens with zero attached hydrogens (tertiary/aromatic N) is 3. The monoisotopic (exact) mass is 227 g/mol.